The second-order valence-corrected chi connectivity index (χ2v) is 6.06. The summed E-state index contributed by atoms with van der Waals surface area (Å²) in [6, 6.07) is 14.5. The van der Waals surface area contributed by atoms with Gasteiger partial charge in [-0.15, -0.1) is 24.0 Å². The van der Waals surface area contributed by atoms with E-state index >= 15 is 0 Å². The van der Waals surface area contributed by atoms with Crippen LogP contribution >= 0.6 is 24.0 Å². The number of hydrogen-bond donors (Lipinski definition) is 2. The highest BCUT2D eigenvalue weighted by Gasteiger charge is 2.23. The highest BCUT2D eigenvalue weighted by atomic mass is 127. The molecule has 0 atom stereocenters. The van der Waals surface area contributed by atoms with Crippen LogP contribution in [0, 0.1) is 5.82 Å². The summed E-state index contributed by atoms with van der Waals surface area (Å²) in [4.78, 5) is 18.7. The molecule has 0 saturated heterocycles. The molecule has 1 aliphatic heterocycles. The molecule has 2 N–H and O–H groups in total. The van der Waals surface area contributed by atoms with Crippen LogP contribution in [0.15, 0.2) is 53.5 Å². The molecule has 1 amide bonds. The van der Waals surface area contributed by atoms with E-state index in [0.29, 0.717) is 24.6 Å². The lowest BCUT2D eigenvalue weighted by molar-refractivity contribution is -0.117. The SMILES string of the molecule is CCNC(=NCc1ccccc1F)NCC(=O)N1CCc2ccccc21.I. The van der Waals surface area contributed by atoms with Crippen molar-refractivity contribution in [2.24, 2.45) is 4.99 Å². The molecule has 27 heavy (non-hydrogen) atoms. The van der Waals surface area contributed by atoms with Crippen LogP contribution in [0.25, 0.3) is 0 Å². The Morgan fingerprint density at radius 3 is 2.67 bits per heavy atom. The summed E-state index contributed by atoms with van der Waals surface area (Å²) in [6.07, 6.45) is 0.878. The number of nitrogens with zero attached hydrogens (tertiary/aromatic N) is 2. The van der Waals surface area contributed by atoms with E-state index in [0.717, 1.165) is 12.1 Å². The maximum Gasteiger partial charge on any atom is 0.246 e. The van der Waals surface area contributed by atoms with Crippen molar-refractivity contribution in [1.82, 2.24) is 10.6 Å². The minimum Gasteiger partial charge on any atom is -0.357 e. The second-order valence-electron chi connectivity index (χ2n) is 6.06. The van der Waals surface area contributed by atoms with E-state index in [9.17, 15) is 9.18 Å². The fourth-order valence-electron chi connectivity index (χ4n) is 2.98. The van der Waals surface area contributed by atoms with Crippen LogP contribution in [-0.2, 0) is 17.8 Å². The van der Waals surface area contributed by atoms with Crippen LogP contribution in [-0.4, -0.2) is 31.5 Å². The molecule has 2 aromatic rings. The lowest BCUT2D eigenvalue weighted by Gasteiger charge is -2.18. The van der Waals surface area contributed by atoms with Crippen molar-refractivity contribution < 1.29 is 9.18 Å². The largest absolute Gasteiger partial charge is 0.357 e. The molecule has 2 aromatic carbocycles. The second kappa shape index (κ2) is 10.2. The molecular weight excluding hydrogens is 458 g/mol. The Bertz CT molecular complexity index is 812. The van der Waals surface area contributed by atoms with Crippen LogP contribution in [0.3, 0.4) is 0 Å². The molecule has 0 saturated carbocycles. The van der Waals surface area contributed by atoms with Crippen molar-refractivity contribution in [3.63, 3.8) is 0 Å². The van der Waals surface area contributed by atoms with Gasteiger partial charge in [0.05, 0.1) is 13.1 Å². The van der Waals surface area contributed by atoms with Gasteiger partial charge in [0.25, 0.3) is 0 Å². The third-order valence-electron chi connectivity index (χ3n) is 4.30. The van der Waals surface area contributed by atoms with E-state index in [1.54, 1.807) is 23.1 Å². The van der Waals surface area contributed by atoms with Gasteiger partial charge in [-0.25, -0.2) is 9.38 Å². The Balaban J connectivity index is 0.00000261. The van der Waals surface area contributed by atoms with Crippen molar-refractivity contribution >= 4 is 41.5 Å². The van der Waals surface area contributed by atoms with Gasteiger partial charge in [0, 0.05) is 24.3 Å². The first-order valence-corrected chi connectivity index (χ1v) is 8.83. The highest BCUT2D eigenvalue weighted by Crippen LogP contribution is 2.27. The first-order valence-electron chi connectivity index (χ1n) is 8.83. The number of aliphatic imine (C=N–C) groups is 1. The van der Waals surface area contributed by atoms with Gasteiger partial charge in [-0.2, -0.15) is 0 Å². The molecule has 0 bridgehead atoms. The minimum atomic E-state index is -0.281. The van der Waals surface area contributed by atoms with Gasteiger partial charge in [0.2, 0.25) is 5.91 Å². The van der Waals surface area contributed by atoms with Crippen molar-refractivity contribution in [3.05, 3.63) is 65.5 Å². The Morgan fingerprint density at radius 1 is 1.15 bits per heavy atom. The van der Waals surface area contributed by atoms with E-state index < -0.39 is 0 Å². The molecule has 0 unspecified atom stereocenters. The van der Waals surface area contributed by atoms with Gasteiger partial charge in [0.1, 0.15) is 5.82 Å². The smallest absolute Gasteiger partial charge is 0.246 e. The summed E-state index contributed by atoms with van der Waals surface area (Å²) in [7, 11) is 0. The monoisotopic (exact) mass is 482 g/mol. The van der Waals surface area contributed by atoms with Gasteiger partial charge in [0.15, 0.2) is 5.96 Å². The number of amides is 1. The molecule has 0 spiro atoms. The lowest BCUT2D eigenvalue weighted by atomic mass is 10.2. The number of benzene rings is 2. The average Bonchev–Trinajstić information content (AvgIpc) is 3.09. The highest BCUT2D eigenvalue weighted by molar-refractivity contribution is 14.0. The van der Waals surface area contributed by atoms with Crippen LogP contribution < -0.4 is 15.5 Å². The molecule has 3 rings (SSSR count). The predicted octanol–water partition coefficient (Wildman–Crippen LogP) is 3.09. The predicted molar refractivity (Wildman–Crippen MR) is 117 cm³/mol. The van der Waals surface area contributed by atoms with Gasteiger partial charge in [-0.05, 0) is 31.0 Å². The Kier molecular flexibility index (Phi) is 8.02. The standard InChI is InChI=1S/C20H23FN4O.HI/c1-2-22-20(23-13-16-8-3-5-9-17(16)21)24-14-19(26)25-12-11-15-7-4-6-10-18(15)25;/h3-10H,2,11-14H2,1H3,(H2,22,23,24);1H. The zero-order valence-corrected chi connectivity index (χ0v) is 17.6. The summed E-state index contributed by atoms with van der Waals surface area (Å²) in [5, 5.41) is 6.13. The maximum absolute atomic E-state index is 13.7. The van der Waals surface area contributed by atoms with E-state index in [1.807, 2.05) is 25.1 Å². The summed E-state index contributed by atoms with van der Waals surface area (Å²) in [6.45, 7) is 3.64. The van der Waals surface area contributed by atoms with Crippen molar-refractivity contribution in [2.45, 2.75) is 19.9 Å². The minimum absolute atomic E-state index is 0. The number of carbonyl (C=O) groups excluding carboxylic acids is 1. The molecule has 144 valence electrons. The van der Waals surface area contributed by atoms with Gasteiger partial charge >= 0.3 is 0 Å². The molecule has 0 fully saturated rings. The number of nitrogens with one attached hydrogen (secondary N) is 2. The van der Waals surface area contributed by atoms with Crippen LogP contribution in [0.4, 0.5) is 10.1 Å². The van der Waals surface area contributed by atoms with Gasteiger partial charge in [-0.1, -0.05) is 36.4 Å². The van der Waals surface area contributed by atoms with Crippen molar-refractivity contribution in [2.75, 3.05) is 24.5 Å². The number of rotatable bonds is 5. The van der Waals surface area contributed by atoms with E-state index in [-0.39, 0.29) is 48.8 Å². The number of halogens is 2. The van der Waals surface area contributed by atoms with Gasteiger partial charge in [-0.3, -0.25) is 4.79 Å². The average molecular weight is 482 g/mol. The fourth-order valence-corrected chi connectivity index (χ4v) is 2.98. The first-order chi connectivity index (χ1) is 12.7. The Morgan fingerprint density at radius 2 is 1.89 bits per heavy atom. The van der Waals surface area contributed by atoms with Crippen LogP contribution in [0.2, 0.25) is 0 Å². The van der Waals surface area contributed by atoms with Crippen LogP contribution in [0.1, 0.15) is 18.1 Å². The maximum atomic E-state index is 13.7. The number of guanidine groups is 1. The van der Waals surface area contributed by atoms with Crippen LogP contribution in [0.5, 0.6) is 0 Å². The topological polar surface area (TPSA) is 56.7 Å². The number of para-hydroxylation sites is 1. The molecule has 7 heteroatoms. The molecule has 0 radical (unpaired) electrons. The number of carbonyl (C=O) groups is 1. The normalized spacial score (nSPS) is 13.0. The third-order valence-corrected chi connectivity index (χ3v) is 4.30. The van der Waals surface area contributed by atoms with Gasteiger partial charge < -0.3 is 15.5 Å². The molecule has 0 aliphatic carbocycles. The fraction of sp³-hybridized carbons (Fsp3) is 0.300. The molecule has 1 heterocycles. The zero-order valence-electron chi connectivity index (χ0n) is 15.2. The first kappa shape index (κ1) is 21.1. The summed E-state index contributed by atoms with van der Waals surface area (Å²) in [5.74, 6) is 0.208. The molecule has 1 aliphatic rings. The van der Waals surface area contributed by atoms with E-state index in [1.165, 1.54) is 11.6 Å². The van der Waals surface area contributed by atoms with E-state index in [2.05, 4.69) is 21.7 Å². The summed E-state index contributed by atoms with van der Waals surface area (Å²) < 4.78 is 13.7. The molecule has 5 nitrogen and oxygen atoms in total. The third kappa shape index (κ3) is 5.41. The Labute approximate surface area is 176 Å². The van der Waals surface area contributed by atoms with Crippen molar-refractivity contribution in [1.29, 1.82) is 0 Å². The molecule has 0 aromatic heterocycles. The lowest BCUT2D eigenvalue weighted by Crippen LogP contribution is -2.44. The molecular formula is C20H24FIN4O. The van der Waals surface area contributed by atoms with Crippen molar-refractivity contribution in [3.8, 4) is 0 Å². The Hall–Kier alpha value is -2.16. The summed E-state index contributed by atoms with van der Waals surface area (Å²) >= 11 is 0. The number of fused-ring (bicyclic) bond motifs is 1. The summed E-state index contributed by atoms with van der Waals surface area (Å²) in [5.41, 5.74) is 2.69. The van der Waals surface area contributed by atoms with E-state index in [4.69, 9.17) is 0 Å². The number of hydrogen-bond acceptors (Lipinski definition) is 2. The zero-order chi connectivity index (χ0) is 18.4. The quantitative estimate of drug-likeness (QED) is 0.392. The number of anilines is 1.